The van der Waals surface area contributed by atoms with E-state index in [4.69, 9.17) is 5.73 Å². The Labute approximate surface area is 125 Å². The van der Waals surface area contributed by atoms with E-state index < -0.39 is 0 Å². The first kappa shape index (κ1) is 15.7. The van der Waals surface area contributed by atoms with Gasteiger partial charge in [0.05, 0.1) is 11.6 Å². The SMILES string of the molecule is CCCC[C@@H](CNCc1c[nH]c2c(N)ncnc12)[C@@H](C)O. The van der Waals surface area contributed by atoms with Crippen LogP contribution < -0.4 is 11.1 Å². The number of nitrogens with two attached hydrogens (primary N) is 1. The average molecular weight is 291 g/mol. The molecule has 0 aliphatic rings. The van der Waals surface area contributed by atoms with Crippen molar-refractivity contribution in [3.63, 3.8) is 0 Å². The van der Waals surface area contributed by atoms with Gasteiger partial charge in [0.1, 0.15) is 11.8 Å². The number of hydrogen-bond donors (Lipinski definition) is 4. The average Bonchev–Trinajstić information content (AvgIpc) is 2.87. The topological polar surface area (TPSA) is 99.9 Å². The summed E-state index contributed by atoms with van der Waals surface area (Å²) in [4.78, 5) is 11.4. The maximum Gasteiger partial charge on any atom is 0.151 e. The summed E-state index contributed by atoms with van der Waals surface area (Å²) in [5, 5.41) is 13.2. The summed E-state index contributed by atoms with van der Waals surface area (Å²) < 4.78 is 0. The molecule has 0 unspecified atom stereocenters. The number of anilines is 1. The normalized spacial score (nSPS) is 14.4. The molecule has 2 rings (SSSR count). The van der Waals surface area contributed by atoms with Crippen LogP contribution in [-0.2, 0) is 6.54 Å². The molecule has 0 saturated heterocycles. The van der Waals surface area contributed by atoms with Gasteiger partial charge in [-0.15, -0.1) is 0 Å². The van der Waals surface area contributed by atoms with Crippen molar-refractivity contribution in [2.45, 2.75) is 45.8 Å². The quantitative estimate of drug-likeness (QED) is 0.594. The lowest BCUT2D eigenvalue weighted by Crippen LogP contribution is -2.29. The molecule has 0 saturated carbocycles. The number of aromatic nitrogens is 3. The summed E-state index contributed by atoms with van der Waals surface area (Å²) in [6.07, 6.45) is 6.45. The van der Waals surface area contributed by atoms with Crippen molar-refractivity contribution in [3.8, 4) is 0 Å². The van der Waals surface area contributed by atoms with Gasteiger partial charge in [0.2, 0.25) is 0 Å². The molecule has 116 valence electrons. The lowest BCUT2D eigenvalue weighted by atomic mass is 9.97. The number of aliphatic hydroxyl groups excluding tert-OH is 1. The smallest absolute Gasteiger partial charge is 0.151 e. The van der Waals surface area contributed by atoms with Crippen molar-refractivity contribution in [3.05, 3.63) is 18.1 Å². The fraction of sp³-hybridized carbons (Fsp3) is 0.600. The zero-order valence-corrected chi connectivity index (χ0v) is 12.8. The number of fused-ring (bicyclic) bond motifs is 1. The zero-order valence-electron chi connectivity index (χ0n) is 12.8. The summed E-state index contributed by atoms with van der Waals surface area (Å²) in [5.74, 6) is 0.755. The number of rotatable bonds is 8. The second-order valence-corrected chi connectivity index (χ2v) is 5.57. The molecule has 0 aromatic carbocycles. The Balaban J connectivity index is 1.93. The largest absolute Gasteiger partial charge is 0.393 e. The molecule has 2 aromatic heterocycles. The standard InChI is InChI=1S/C15H25N5O/c1-3-4-5-11(10(2)21)6-17-7-12-8-18-14-13(12)19-9-20-15(14)16/h8-11,17-18,21H,3-7H2,1-2H3,(H2,16,19,20)/t10-,11+/m1/s1. The van der Waals surface area contributed by atoms with Crippen LogP contribution in [0.4, 0.5) is 5.82 Å². The highest BCUT2D eigenvalue weighted by molar-refractivity contribution is 5.86. The molecule has 0 radical (unpaired) electrons. The third-order valence-corrected chi connectivity index (χ3v) is 3.90. The molecule has 2 heterocycles. The second-order valence-electron chi connectivity index (χ2n) is 5.57. The number of nitrogens with one attached hydrogen (secondary N) is 2. The molecule has 0 bridgehead atoms. The van der Waals surface area contributed by atoms with Gasteiger partial charge in [0.15, 0.2) is 5.82 Å². The van der Waals surface area contributed by atoms with Gasteiger partial charge in [-0.05, 0) is 19.3 Å². The molecular weight excluding hydrogens is 266 g/mol. The number of aromatic amines is 1. The summed E-state index contributed by atoms with van der Waals surface area (Å²) in [6.45, 7) is 5.53. The highest BCUT2D eigenvalue weighted by Crippen LogP contribution is 2.19. The van der Waals surface area contributed by atoms with Crippen LogP contribution >= 0.6 is 0 Å². The number of nitrogens with zero attached hydrogens (tertiary/aromatic N) is 2. The van der Waals surface area contributed by atoms with Crippen LogP contribution in [0.1, 0.15) is 38.7 Å². The second kappa shape index (κ2) is 7.38. The minimum absolute atomic E-state index is 0.287. The van der Waals surface area contributed by atoms with E-state index in [-0.39, 0.29) is 12.0 Å². The van der Waals surface area contributed by atoms with E-state index in [0.29, 0.717) is 12.4 Å². The van der Waals surface area contributed by atoms with Crippen LogP contribution in [-0.4, -0.2) is 32.7 Å². The van der Waals surface area contributed by atoms with Gasteiger partial charge in [-0.3, -0.25) is 0 Å². The molecule has 0 aliphatic heterocycles. The van der Waals surface area contributed by atoms with E-state index >= 15 is 0 Å². The van der Waals surface area contributed by atoms with Gasteiger partial charge >= 0.3 is 0 Å². The van der Waals surface area contributed by atoms with Crippen LogP contribution in [0.5, 0.6) is 0 Å². The van der Waals surface area contributed by atoms with Gasteiger partial charge in [-0.1, -0.05) is 19.8 Å². The lowest BCUT2D eigenvalue weighted by molar-refractivity contribution is 0.117. The molecule has 5 N–H and O–H groups in total. The summed E-state index contributed by atoms with van der Waals surface area (Å²) in [6, 6.07) is 0. The predicted octanol–water partition coefficient (Wildman–Crippen LogP) is 1.82. The summed E-state index contributed by atoms with van der Waals surface area (Å²) >= 11 is 0. The van der Waals surface area contributed by atoms with Gasteiger partial charge < -0.3 is 21.1 Å². The van der Waals surface area contributed by atoms with Gasteiger partial charge in [0.25, 0.3) is 0 Å². The van der Waals surface area contributed by atoms with Crippen LogP contribution in [0.2, 0.25) is 0 Å². The van der Waals surface area contributed by atoms with Crippen molar-refractivity contribution in [1.82, 2.24) is 20.3 Å². The van der Waals surface area contributed by atoms with Gasteiger partial charge in [0, 0.05) is 24.8 Å². The van der Waals surface area contributed by atoms with Crippen molar-refractivity contribution >= 4 is 16.9 Å². The monoisotopic (exact) mass is 291 g/mol. The fourth-order valence-corrected chi connectivity index (χ4v) is 2.52. The van der Waals surface area contributed by atoms with Crippen molar-refractivity contribution < 1.29 is 5.11 Å². The van der Waals surface area contributed by atoms with Crippen molar-refractivity contribution in [1.29, 1.82) is 0 Å². The van der Waals surface area contributed by atoms with Gasteiger partial charge in [-0.2, -0.15) is 0 Å². The minimum atomic E-state index is -0.287. The molecule has 0 spiro atoms. The summed E-state index contributed by atoms with van der Waals surface area (Å²) in [7, 11) is 0. The Bertz CT molecular complexity index is 566. The van der Waals surface area contributed by atoms with E-state index in [9.17, 15) is 5.11 Å². The first-order valence-electron chi connectivity index (χ1n) is 7.58. The van der Waals surface area contributed by atoms with Crippen molar-refractivity contribution in [2.75, 3.05) is 12.3 Å². The fourth-order valence-electron chi connectivity index (χ4n) is 2.52. The first-order valence-corrected chi connectivity index (χ1v) is 7.58. The molecule has 2 aromatic rings. The minimum Gasteiger partial charge on any atom is -0.393 e. The van der Waals surface area contributed by atoms with Crippen LogP contribution in [0, 0.1) is 5.92 Å². The molecule has 6 heteroatoms. The maximum atomic E-state index is 9.82. The van der Waals surface area contributed by atoms with E-state index in [2.05, 4.69) is 27.2 Å². The maximum absolute atomic E-state index is 9.82. The van der Waals surface area contributed by atoms with E-state index in [1.54, 1.807) is 0 Å². The number of nitrogen functional groups attached to an aromatic ring is 1. The predicted molar refractivity (Wildman–Crippen MR) is 84.7 cm³/mol. The number of aliphatic hydroxyl groups is 1. The van der Waals surface area contributed by atoms with E-state index in [0.717, 1.165) is 42.4 Å². The summed E-state index contributed by atoms with van der Waals surface area (Å²) in [5.41, 5.74) is 8.52. The lowest BCUT2D eigenvalue weighted by Gasteiger charge is -2.20. The molecule has 21 heavy (non-hydrogen) atoms. The molecule has 6 nitrogen and oxygen atoms in total. The Morgan fingerprint density at radius 1 is 1.43 bits per heavy atom. The Kier molecular flexibility index (Phi) is 5.52. The van der Waals surface area contributed by atoms with E-state index in [1.165, 1.54) is 6.33 Å². The molecule has 0 fully saturated rings. The van der Waals surface area contributed by atoms with E-state index in [1.807, 2.05) is 13.1 Å². The number of H-pyrrole nitrogens is 1. The molecule has 0 aliphatic carbocycles. The molecule has 2 atom stereocenters. The highest BCUT2D eigenvalue weighted by Gasteiger charge is 2.14. The Hall–Kier alpha value is -1.66. The third kappa shape index (κ3) is 3.92. The van der Waals surface area contributed by atoms with Crippen LogP contribution in [0.15, 0.2) is 12.5 Å². The van der Waals surface area contributed by atoms with Gasteiger partial charge in [-0.25, -0.2) is 9.97 Å². The van der Waals surface area contributed by atoms with Crippen LogP contribution in [0.3, 0.4) is 0 Å². The number of unbranched alkanes of at least 4 members (excludes halogenated alkanes) is 1. The highest BCUT2D eigenvalue weighted by atomic mass is 16.3. The molecule has 0 amide bonds. The third-order valence-electron chi connectivity index (χ3n) is 3.90. The Morgan fingerprint density at radius 2 is 2.24 bits per heavy atom. The van der Waals surface area contributed by atoms with Crippen LogP contribution in [0.25, 0.3) is 11.0 Å². The molecular formula is C15H25N5O. The number of hydrogen-bond acceptors (Lipinski definition) is 5. The first-order chi connectivity index (χ1) is 10.1. The Morgan fingerprint density at radius 3 is 2.95 bits per heavy atom. The zero-order chi connectivity index (χ0) is 15.2. The van der Waals surface area contributed by atoms with Crippen molar-refractivity contribution in [2.24, 2.45) is 5.92 Å².